The van der Waals surface area contributed by atoms with Crippen molar-refractivity contribution in [2.45, 2.75) is 12.1 Å². The zero-order chi connectivity index (χ0) is 18.4. The molecule has 0 atom stereocenters. The zero-order valence-electron chi connectivity index (χ0n) is 14.3. The molecule has 6 nitrogen and oxygen atoms in total. The summed E-state index contributed by atoms with van der Waals surface area (Å²) < 4.78 is 25.8. The van der Waals surface area contributed by atoms with Crippen LogP contribution in [0.15, 0.2) is 53.7 Å². The minimum Gasteiger partial charge on any atom is -0.494 e. The van der Waals surface area contributed by atoms with Crippen LogP contribution >= 0.6 is 11.8 Å². The molecule has 0 saturated carbocycles. The molecule has 1 aromatic heterocycles. The van der Waals surface area contributed by atoms with Crippen LogP contribution in [-0.2, 0) is 0 Å². The Morgan fingerprint density at radius 1 is 1.08 bits per heavy atom. The first-order valence-electron chi connectivity index (χ1n) is 8.13. The van der Waals surface area contributed by atoms with Gasteiger partial charge in [-0.2, -0.15) is 0 Å². The SMILES string of the molecule is CCOc1ccc(-c2nnc(SCCOc3ccccc3F)n2N)cc1. The van der Waals surface area contributed by atoms with Crippen LogP contribution in [0.2, 0.25) is 0 Å². The lowest BCUT2D eigenvalue weighted by Crippen LogP contribution is -2.12. The van der Waals surface area contributed by atoms with Gasteiger partial charge in [0.25, 0.3) is 0 Å². The molecule has 0 aliphatic carbocycles. The standard InChI is InChI=1S/C18H19FN4O2S/c1-2-24-14-9-7-13(8-10-14)17-21-22-18(23(17)20)26-12-11-25-16-6-4-3-5-15(16)19/h3-10H,2,11-12,20H2,1H3. The van der Waals surface area contributed by atoms with Gasteiger partial charge in [-0.15, -0.1) is 10.2 Å². The van der Waals surface area contributed by atoms with Gasteiger partial charge in [-0.3, -0.25) is 0 Å². The quantitative estimate of drug-likeness (QED) is 0.370. The third-order valence-corrected chi connectivity index (χ3v) is 4.40. The van der Waals surface area contributed by atoms with Crippen molar-refractivity contribution in [3.8, 4) is 22.9 Å². The van der Waals surface area contributed by atoms with Crippen molar-refractivity contribution in [1.29, 1.82) is 0 Å². The van der Waals surface area contributed by atoms with Crippen LogP contribution in [0.1, 0.15) is 6.92 Å². The third-order valence-electron chi connectivity index (χ3n) is 3.50. The lowest BCUT2D eigenvalue weighted by atomic mass is 10.2. The first-order chi connectivity index (χ1) is 12.7. The van der Waals surface area contributed by atoms with E-state index in [4.69, 9.17) is 15.3 Å². The highest BCUT2D eigenvalue weighted by molar-refractivity contribution is 7.99. The van der Waals surface area contributed by atoms with E-state index in [1.807, 2.05) is 31.2 Å². The second-order valence-electron chi connectivity index (χ2n) is 5.26. The number of benzene rings is 2. The Hall–Kier alpha value is -2.74. The van der Waals surface area contributed by atoms with Crippen LogP contribution < -0.4 is 15.3 Å². The number of hydrogen-bond acceptors (Lipinski definition) is 6. The molecule has 3 rings (SSSR count). The summed E-state index contributed by atoms with van der Waals surface area (Å²) in [4.78, 5) is 0. The van der Waals surface area contributed by atoms with E-state index in [-0.39, 0.29) is 11.6 Å². The highest BCUT2D eigenvalue weighted by Crippen LogP contribution is 2.24. The molecular weight excluding hydrogens is 355 g/mol. The Morgan fingerprint density at radius 2 is 1.85 bits per heavy atom. The average Bonchev–Trinajstić information content (AvgIpc) is 3.02. The second-order valence-corrected chi connectivity index (χ2v) is 6.32. The summed E-state index contributed by atoms with van der Waals surface area (Å²) in [6.07, 6.45) is 0. The van der Waals surface area contributed by atoms with Crippen molar-refractivity contribution < 1.29 is 13.9 Å². The molecule has 0 unspecified atom stereocenters. The van der Waals surface area contributed by atoms with Crippen molar-refractivity contribution in [2.24, 2.45) is 0 Å². The minimum atomic E-state index is -0.378. The molecule has 0 aliphatic heterocycles. The van der Waals surface area contributed by atoms with Crippen LogP contribution in [-0.4, -0.2) is 33.8 Å². The van der Waals surface area contributed by atoms with Gasteiger partial charge >= 0.3 is 0 Å². The topological polar surface area (TPSA) is 75.2 Å². The van der Waals surface area contributed by atoms with Crippen molar-refractivity contribution in [3.05, 3.63) is 54.3 Å². The molecule has 2 aromatic carbocycles. The third kappa shape index (κ3) is 4.26. The number of ether oxygens (including phenoxy) is 2. The number of nitrogen functional groups attached to an aromatic ring is 1. The zero-order valence-corrected chi connectivity index (χ0v) is 15.1. The van der Waals surface area contributed by atoms with E-state index in [9.17, 15) is 4.39 Å². The van der Waals surface area contributed by atoms with Gasteiger partial charge in [0.1, 0.15) is 5.75 Å². The van der Waals surface area contributed by atoms with Gasteiger partial charge < -0.3 is 15.3 Å². The molecule has 8 heteroatoms. The van der Waals surface area contributed by atoms with Crippen LogP contribution in [0.5, 0.6) is 11.5 Å². The summed E-state index contributed by atoms with van der Waals surface area (Å²) in [5.74, 6) is 7.86. The Morgan fingerprint density at radius 3 is 2.58 bits per heavy atom. The maximum Gasteiger partial charge on any atom is 0.210 e. The summed E-state index contributed by atoms with van der Waals surface area (Å²) >= 11 is 1.39. The molecule has 136 valence electrons. The average molecular weight is 374 g/mol. The normalized spacial score (nSPS) is 10.7. The van der Waals surface area contributed by atoms with Gasteiger partial charge in [-0.05, 0) is 43.3 Å². The molecule has 3 aromatic rings. The first kappa shape index (κ1) is 18.1. The summed E-state index contributed by atoms with van der Waals surface area (Å²) in [6.45, 7) is 2.88. The van der Waals surface area contributed by atoms with E-state index in [2.05, 4.69) is 10.2 Å². The molecule has 0 aliphatic rings. The van der Waals surface area contributed by atoms with Gasteiger partial charge in [0, 0.05) is 11.3 Å². The van der Waals surface area contributed by atoms with Gasteiger partial charge in [0.2, 0.25) is 5.16 Å². The van der Waals surface area contributed by atoms with Crippen LogP contribution in [0.3, 0.4) is 0 Å². The van der Waals surface area contributed by atoms with E-state index in [0.29, 0.717) is 29.9 Å². The summed E-state index contributed by atoms with van der Waals surface area (Å²) in [5.41, 5.74) is 0.845. The molecule has 0 radical (unpaired) electrons. The monoisotopic (exact) mass is 374 g/mol. The number of para-hydroxylation sites is 1. The molecule has 1 heterocycles. The fourth-order valence-corrected chi connectivity index (χ4v) is 2.96. The molecule has 2 N–H and O–H groups in total. The minimum absolute atomic E-state index is 0.234. The molecular formula is C18H19FN4O2S. The highest BCUT2D eigenvalue weighted by Gasteiger charge is 2.12. The van der Waals surface area contributed by atoms with E-state index in [0.717, 1.165) is 11.3 Å². The van der Waals surface area contributed by atoms with Gasteiger partial charge in [-0.1, -0.05) is 23.9 Å². The van der Waals surface area contributed by atoms with Crippen molar-refractivity contribution in [2.75, 3.05) is 24.8 Å². The van der Waals surface area contributed by atoms with Gasteiger partial charge in [0.15, 0.2) is 17.4 Å². The largest absolute Gasteiger partial charge is 0.494 e. The maximum absolute atomic E-state index is 13.5. The summed E-state index contributed by atoms with van der Waals surface area (Å²) in [5, 5.41) is 8.80. The van der Waals surface area contributed by atoms with E-state index < -0.39 is 0 Å². The number of nitrogens with zero attached hydrogens (tertiary/aromatic N) is 3. The van der Waals surface area contributed by atoms with Crippen molar-refractivity contribution >= 4 is 11.8 Å². The second kappa shape index (κ2) is 8.57. The van der Waals surface area contributed by atoms with Crippen LogP contribution in [0.25, 0.3) is 11.4 Å². The molecule has 26 heavy (non-hydrogen) atoms. The van der Waals surface area contributed by atoms with Gasteiger partial charge in [-0.25, -0.2) is 9.07 Å². The lowest BCUT2D eigenvalue weighted by Gasteiger charge is -2.07. The number of thioether (sulfide) groups is 1. The van der Waals surface area contributed by atoms with Crippen LogP contribution in [0, 0.1) is 5.82 Å². The number of halogens is 1. The molecule has 0 bridgehead atoms. The number of nitrogens with two attached hydrogens (primary N) is 1. The van der Waals surface area contributed by atoms with Crippen molar-refractivity contribution in [1.82, 2.24) is 14.9 Å². The highest BCUT2D eigenvalue weighted by atomic mass is 32.2. The Bertz CT molecular complexity index is 855. The molecule has 0 saturated heterocycles. The Balaban J connectivity index is 1.57. The fourth-order valence-electron chi connectivity index (χ4n) is 2.29. The number of hydrogen-bond donors (Lipinski definition) is 1. The van der Waals surface area contributed by atoms with E-state index >= 15 is 0 Å². The first-order valence-corrected chi connectivity index (χ1v) is 9.11. The molecule has 0 spiro atoms. The fraction of sp³-hybridized carbons (Fsp3) is 0.222. The molecule has 0 amide bonds. The van der Waals surface area contributed by atoms with Crippen LogP contribution in [0.4, 0.5) is 4.39 Å². The smallest absolute Gasteiger partial charge is 0.210 e. The predicted molar refractivity (Wildman–Crippen MR) is 99.4 cm³/mol. The number of aromatic nitrogens is 3. The predicted octanol–water partition coefficient (Wildman–Crippen LogP) is 3.37. The Labute approximate surface area is 155 Å². The molecule has 0 fully saturated rings. The summed E-state index contributed by atoms with van der Waals surface area (Å²) in [6, 6.07) is 13.8. The Kier molecular flexibility index (Phi) is 5.96. The van der Waals surface area contributed by atoms with E-state index in [1.54, 1.807) is 18.2 Å². The summed E-state index contributed by atoms with van der Waals surface area (Å²) in [7, 11) is 0. The van der Waals surface area contributed by atoms with Gasteiger partial charge in [0.05, 0.1) is 13.2 Å². The number of rotatable bonds is 8. The lowest BCUT2D eigenvalue weighted by molar-refractivity contribution is 0.325. The van der Waals surface area contributed by atoms with Crippen molar-refractivity contribution in [3.63, 3.8) is 0 Å². The van der Waals surface area contributed by atoms with E-state index in [1.165, 1.54) is 22.5 Å². The maximum atomic E-state index is 13.5.